The highest BCUT2D eigenvalue weighted by Gasteiger charge is 2.45. The third-order valence-electron chi connectivity index (χ3n) is 6.34. The van der Waals surface area contributed by atoms with Gasteiger partial charge in [-0.25, -0.2) is 0 Å². The van der Waals surface area contributed by atoms with Crippen molar-refractivity contribution in [2.24, 2.45) is 0 Å². The van der Waals surface area contributed by atoms with Crippen LogP contribution in [0.15, 0.2) is 54.1 Å². The van der Waals surface area contributed by atoms with Crippen LogP contribution in [0, 0.1) is 0 Å². The van der Waals surface area contributed by atoms with Crippen molar-refractivity contribution in [1.29, 1.82) is 0 Å². The van der Waals surface area contributed by atoms with E-state index in [9.17, 15) is 14.7 Å². The molecule has 2 aromatic rings. The van der Waals surface area contributed by atoms with Gasteiger partial charge in [-0.1, -0.05) is 32.9 Å². The number of ether oxygens (including phenoxy) is 2. The van der Waals surface area contributed by atoms with Crippen LogP contribution in [-0.2, 0) is 9.59 Å². The Labute approximate surface area is 207 Å². The Balaban J connectivity index is 1.99. The van der Waals surface area contributed by atoms with E-state index in [0.29, 0.717) is 24.5 Å². The molecule has 0 bridgehead atoms. The number of hydrogen-bond acceptors (Lipinski definition) is 6. The predicted molar refractivity (Wildman–Crippen MR) is 137 cm³/mol. The van der Waals surface area contributed by atoms with Gasteiger partial charge >= 0.3 is 0 Å². The largest absolute Gasteiger partial charge is 0.507 e. The van der Waals surface area contributed by atoms with Crippen LogP contribution in [0.1, 0.15) is 50.8 Å². The van der Waals surface area contributed by atoms with E-state index in [1.54, 1.807) is 36.3 Å². The van der Waals surface area contributed by atoms with Gasteiger partial charge in [0.25, 0.3) is 11.7 Å². The molecule has 1 aliphatic heterocycles. The second-order valence-electron chi connectivity index (χ2n) is 8.52. The molecule has 1 heterocycles. The summed E-state index contributed by atoms with van der Waals surface area (Å²) in [5.74, 6) is -0.0798. The van der Waals surface area contributed by atoms with Crippen molar-refractivity contribution in [1.82, 2.24) is 9.80 Å². The van der Waals surface area contributed by atoms with Crippen LogP contribution >= 0.6 is 0 Å². The van der Waals surface area contributed by atoms with Crippen molar-refractivity contribution < 1.29 is 24.2 Å². The predicted octanol–water partition coefficient (Wildman–Crippen LogP) is 4.64. The summed E-state index contributed by atoms with van der Waals surface area (Å²) in [5.41, 5.74) is 1.32. The second-order valence-corrected chi connectivity index (χ2v) is 8.52. The molecule has 0 aliphatic carbocycles. The van der Waals surface area contributed by atoms with Crippen LogP contribution in [0.5, 0.6) is 11.5 Å². The highest BCUT2D eigenvalue weighted by molar-refractivity contribution is 6.46. The number of methoxy groups -OCH3 is 1. The third-order valence-corrected chi connectivity index (χ3v) is 6.34. The fourth-order valence-electron chi connectivity index (χ4n) is 4.33. The van der Waals surface area contributed by atoms with Gasteiger partial charge < -0.3 is 24.4 Å². The first-order valence-corrected chi connectivity index (χ1v) is 12.3. The molecule has 1 fully saturated rings. The average molecular weight is 481 g/mol. The summed E-state index contributed by atoms with van der Waals surface area (Å²) in [7, 11) is 1.56. The number of Topliss-reactive ketones (excluding diaryl/α,β-unsaturated/α-hetero) is 1. The van der Waals surface area contributed by atoms with Crippen LogP contribution < -0.4 is 9.47 Å². The zero-order valence-electron chi connectivity index (χ0n) is 21.1. The van der Waals surface area contributed by atoms with E-state index >= 15 is 0 Å². The Kier molecular flexibility index (Phi) is 9.32. The van der Waals surface area contributed by atoms with Crippen molar-refractivity contribution in [2.75, 3.05) is 39.9 Å². The van der Waals surface area contributed by atoms with E-state index in [-0.39, 0.29) is 11.3 Å². The van der Waals surface area contributed by atoms with Crippen molar-refractivity contribution in [3.05, 3.63) is 65.2 Å². The first kappa shape index (κ1) is 26.3. The summed E-state index contributed by atoms with van der Waals surface area (Å²) in [4.78, 5) is 30.2. The van der Waals surface area contributed by atoms with Gasteiger partial charge in [-0.05, 0) is 74.4 Å². The smallest absolute Gasteiger partial charge is 0.295 e. The van der Waals surface area contributed by atoms with E-state index < -0.39 is 17.7 Å². The van der Waals surface area contributed by atoms with Crippen LogP contribution in [0.3, 0.4) is 0 Å². The van der Waals surface area contributed by atoms with Gasteiger partial charge in [0, 0.05) is 12.1 Å². The molecule has 7 nitrogen and oxygen atoms in total. The molecule has 0 aromatic heterocycles. The quantitative estimate of drug-likeness (QED) is 0.271. The fourth-order valence-corrected chi connectivity index (χ4v) is 4.33. The zero-order chi connectivity index (χ0) is 25.4. The van der Waals surface area contributed by atoms with Crippen molar-refractivity contribution >= 4 is 17.4 Å². The number of ketones is 1. The van der Waals surface area contributed by atoms with Crippen molar-refractivity contribution in [3.8, 4) is 11.5 Å². The van der Waals surface area contributed by atoms with E-state index in [1.165, 1.54) is 0 Å². The molecule has 0 spiro atoms. The van der Waals surface area contributed by atoms with Gasteiger partial charge in [0.2, 0.25) is 0 Å². The summed E-state index contributed by atoms with van der Waals surface area (Å²) in [6.45, 7) is 9.95. The van der Waals surface area contributed by atoms with Crippen molar-refractivity contribution in [2.45, 2.75) is 39.7 Å². The number of carbonyl (C=O) groups is 2. The summed E-state index contributed by atoms with van der Waals surface area (Å²) < 4.78 is 10.9. The second kappa shape index (κ2) is 12.4. The Hall–Kier alpha value is -3.32. The number of amides is 1. The van der Waals surface area contributed by atoms with Gasteiger partial charge in [0.15, 0.2) is 0 Å². The molecule has 0 unspecified atom stereocenters. The molecular formula is C28H36N2O5. The molecule has 1 atom stereocenters. The number of aliphatic hydroxyl groups is 1. The molecule has 35 heavy (non-hydrogen) atoms. The molecule has 1 amide bonds. The first-order chi connectivity index (χ1) is 16.9. The summed E-state index contributed by atoms with van der Waals surface area (Å²) in [6.07, 6.45) is 1.63. The number of rotatable bonds is 12. The number of benzene rings is 2. The fraction of sp³-hybridized carbons (Fsp3) is 0.429. The molecule has 0 saturated carbocycles. The lowest BCUT2D eigenvalue weighted by molar-refractivity contribution is -0.140. The first-order valence-electron chi connectivity index (χ1n) is 12.3. The molecule has 1 N–H and O–H groups in total. The molecule has 1 saturated heterocycles. The van der Waals surface area contributed by atoms with E-state index in [1.807, 2.05) is 31.2 Å². The highest BCUT2D eigenvalue weighted by atomic mass is 16.5. The maximum atomic E-state index is 13.2. The Morgan fingerprint density at radius 3 is 2.17 bits per heavy atom. The lowest BCUT2D eigenvalue weighted by Gasteiger charge is -2.27. The number of nitrogens with zero attached hydrogens (tertiary/aromatic N) is 2. The molecule has 0 radical (unpaired) electrons. The Morgan fingerprint density at radius 1 is 0.971 bits per heavy atom. The highest BCUT2D eigenvalue weighted by Crippen LogP contribution is 2.40. The monoisotopic (exact) mass is 480 g/mol. The van der Waals surface area contributed by atoms with E-state index in [4.69, 9.17) is 9.47 Å². The van der Waals surface area contributed by atoms with Gasteiger partial charge in [-0.2, -0.15) is 0 Å². The van der Waals surface area contributed by atoms with E-state index in [0.717, 1.165) is 43.8 Å². The molecule has 1 aliphatic rings. The minimum absolute atomic E-state index is 0.102. The van der Waals surface area contributed by atoms with Crippen LogP contribution in [0.2, 0.25) is 0 Å². The lowest BCUT2D eigenvalue weighted by atomic mass is 9.95. The summed E-state index contributed by atoms with van der Waals surface area (Å²) >= 11 is 0. The molecule has 3 rings (SSSR count). The van der Waals surface area contributed by atoms with Gasteiger partial charge in [-0.15, -0.1) is 0 Å². The number of hydrogen-bond donors (Lipinski definition) is 1. The topological polar surface area (TPSA) is 79.3 Å². The molecule has 188 valence electrons. The Morgan fingerprint density at radius 2 is 1.60 bits per heavy atom. The Bertz CT molecular complexity index is 1030. The zero-order valence-corrected chi connectivity index (χ0v) is 21.1. The van der Waals surface area contributed by atoms with Gasteiger partial charge in [0.1, 0.15) is 17.3 Å². The number of carbonyl (C=O) groups excluding carboxylic acids is 2. The average Bonchev–Trinajstić information content (AvgIpc) is 3.14. The van der Waals surface area contributed by atoms with E-state index in [2.05, 4.69) is 18.7 Å². The van der Waals surface area contributed by atoms with Crippen LogP contribution in [0.4, 0.5) is 0 Å². The number of likely N-dealkylation sites (tertiary alicyclic amines) is 1. The maximum Gasteiger partial charge on any atom is 0.295 e. The third kappa shape index (κ3) is 6.03. The molecule has 2 aromatic carbocycles. The van der Waals surface area contributed by atoms with Gasteiger partial charge in [-0.3, -0.25) is 9.59 Å². The molecule has 7 heteroatoms. The SMILES string of the molecule is CCCOc1ccc([C@H]2C(=C(O)c3ccc(OC)cc3)C(=O)C(=O)N2CCCN(CC)CC)cc1. The van der Waals surface area contributed by atoms with Crippen LogP contribution in [0.25, 0.3) is 5.76 Å². The summed E-state index contributed by atoms with van der Waals surface area (Å²) in [5, 5.41) is 11.2. The van der Waals surface area contributed by atoms with Crippen LogP contribution in [-0.4, -0.2) is 66.5 Å². The number of aliphatic hydroxyl groups excluding tert-OH is 1. The van der Waals surface area contributed by atoms with Crippen molar-refractivity contribution in [3.63, 3.8) is 0 Å². The maximum absolute atomic E-state index is 13.2. The summed E-state index contributed by atoms with van der Waals surface area (Å²) in [6, 6.07) is 13.5. The normalized spacial score (nSPS) is 17.3. The minimum Gasteiger partial charge on any atom is -0.507 e. The lowest BCUT2D eigenvalue weighted by Crippen LogP contribution is -2.33. The standard InChI is InChI=1S/C28H36N2O5/c1-5-19-35-23-15-9-20(10-16-23)25-24(26(31)21-11-13-22(34-4)14-12-21)27(32)28(33)30(25)18-8-17-29(6-2)7-3/h9-16,25,31H,5-8,17-19H2,1-4H3/t25-/m0/s1. The minimum atomic E-state index is -0.672. The van der Waals surface area contributed by atoms with Gasteiger partial charge in [0.05, 0.1) is 25.3 Å². The molecular weight excluding hydrogens is 444 g/mol.